The summed E-state index contributed by atoms with van der Waals surface area (Å²) < 4.78 is 5.35. The molecule has 0 aliphatic carbocycles. The predicted molar refractivity (Wildman–Crippen MR) is 117 cm³/mol. The smallest absolute Gasteiger partial charge is 0.352 e. The molecule has 0 bridgehead atoms. The number of aromatic amines is 1. The lowest BCUT2D eigenvalue weighted by Crippen LogP contribution is -2.41. The number of fused-ring (bicyclic) bond motifs is 1. The number of carbonyl (C=O) groups is 2. The van der Waals surface area contributed by atoms with E-state index in [4.69, 9.17) is 27.9 Å². The second-order valence-electron chi connectivity index (χ2n) is 6.86. The summed E-state index contributed by atoms with van der Waals surface area (Å²) in [7, 11) is 0. The number of hydrogen-bond donors (Lipinski definition) is 2. The number of aromatic carboxylic acids is 1. The quantitative estimate of drug-likeness (QED) is 0.577. The van der Waals surface area contributed by atoms with E-state index in [0.717, 1.165) is 0 Å². The Morgan fingerprint density at radius 1 is 1.10 bits per heavy atom. The molecule has 1 fully saturated rings. The zero-order valence-electron chi connectivity index (χ0n) is 15.8. The van der Waals surface area contributed by atoms with Gasteiger partial charge in [-0.15, -0.1) is 0 Å². The molecule has 8 heteroatoms. The molecule has 2 aromatic carbocycles. The van der Waals surface area contributed by atoms with Crippen LogP contribution in [0.5, 0.6) is 0 Å². The number of carboxylic acid groups (broad SMARTS) is 1. The SMILES string of the molecule is O=C(O)c1[nH]c2cc(Cl)cc(Cl)c2c1/C=C(/C(=O)N1CCOCC1)c1ccccc1. The van der Waals surface area contributed by atoms with E-state index in [1.165, 1.54) is 0 Å². The lowest BCUT2D eigenvalue weighted by Gasteiger charge is -2.28. The maximum atomic E-state index is 13.4. The van der Waals surface area contributed by atoms with Crippen molar-refractivity contribution >= 4 is 57.6 Å². The highest BCUT2D eigenvalue weighted by molar-refractivity contribution is 6.39. The second-order valence-corrected chi connectivity index (χ2v) is 7.70. The van der Waals surface area contributed by atoms with Gasteiger partial charge in [-0.25, -0.2) is 4.79 Å². The van der Waals surface area contributed by atoms with Gasteiger partial charge in [0, 0.05) is 40.2 Å². The van der Waals surface area contributed by atoms with Crippen molar-refractivity contribution in [1.82, 2.24) is 9.88 Å². The van der Waals surface area contributed by atoms with Crippen molar-refractivity contribution in [1.29, 1.82) is 0 Å². The van der Waals surface area contributed by atoms with Crippen LogP contribution in [0.2, 0.25) is 10.0 Å². The van der Waals surface area contributed by atoms with Gasteiger partial charge in [-0.05, 0) is 23.8 Å². The van der Waals surface area contributed by atoms with Crippen molar-refractivity contribution in [2.75, 3.05) is 26.3 Å². The Bertz CT molecular complexity index is 1150. The van der Waals surface area contributed by atoms with Crippen LogP contribution in [0.25, 0.3) is 22.6 Å². The van der Waals surface area contributed by atoms with Crippen LogP contribution in [0.4, 0.5) is 0 Å². The lowest BCUT2D eigenvalue weighted by molar-refractivity contribution is -0.128. The van der Waals surface area contributed by atoms with Gasteiger partial charge in [0.2, 0.25) is 0 Å². The van der Waals surface area contributed by atoms with Crippen molar-refractivity contribution in [2.24, 2.45) is 0 Å². The fourth-order valence-electron chi connectivity index (χ4n) is 3.55. The second kappa shape index (κ2) is 8.52. The third-order valence-corrected chi connectivity index (χ3v) is 5.49. The first-order valence-corrected chi connectivity index (χ1v) is 10.1. The van der Waals surface area contributed by atoms with Crippen molar-refractivity contribution < 1.29 is 19.4 Å². The minimum Gasteiger partial charge on any atom is -0.477 e. The van der Waals surface area contributed by atoms with E-state index in [1.54, 1.807) is 23.1 Å². The Hall–Kier alpha value is -2.80. The zero-order valence-corrected chi connectivity index (χ0v) is 17.3. The summed E-state index contributed by atoms with van der Waals surface area (Å²) in [4.78, 5) is 29.9. The van der Waals surface area contributed by atoms with Crippen LogP contribution in [-0.2, 0) is 9.53 Å². The molecule has 3 aromatic rings. The highest BCUT2D eigenvalue weighted by Crippen LogP contribution is 2.35. The van der Waals surface area contributed by atoms with Gasteiger partial charge in [0.15, 0.2) is 0 Å². The van der Waals surface area contributed by atoms with Crippen LogP contribution in [0.1, 0.15) is 21.6 Å². The van der Waals surface area contributed by atoms with E-state index in [1.807, 2.05) is 30.3 Å². The minimum atomic E-state index is -1.16. The largest absolute Gasteiger partial charge is 0.477 e. The van der Waals surface area contributed by atoms with Crippen molar-refractivity contribution in [3.63, 3.8) is 0 Å². The highest BCUT2D eigenvalue weighted by Gasteiger charge is 2.25. The molecule has 2 N–H and O–H groups in total. The van der Waals surface area contributed by atoms with Crippen LogP contribution in [0, 0.1) is 0 Å². The van der Waals surface area contributed by atoms with E-state index in [2.05, 4.69) is 4.98 Å². The van der Waals surface area contributed by atoms with Gasteiger partial charge in [0.1, 0.15) is 5.69 Å². The van der Waals surface area contributed by atoms with Gasteiger partial charge < -0.3 is 19.7 Å². The normalized spacial score (nSPS) is 14.9. The van der Waals surface area contributed by atoms with Gasteiger partial charge >= 0.3 is 5.97 Å². The van der Waals surface area contributed by atoms with Crippen LogP contribution < -0.4 is 0 Å². The molecule has 0 saturated carbocycles. The molecule has 1 aliphatic heterocycles. The van der Waals surface area contributed by atoms with Crippen LogP contribution in [0.15, 0.2) is 42.5 Å². The summed E-state index contributed by atoms with van der Waals surface area (Å²) in [6.45, 7) is 1.87. The number of aromatic nitrogens is 1. The summed E-state index contributed by atoms with van der Waals surface area (Å²) in [6, 6.07) is 12.3. The molecule has 6 nitrogen and oxygen atoms in total. The van der Waals surface area contributed by atoms with Gasteiger partial charge in [0.25, 0.3) is 5.91 Å². The topological polar surface area (TPSA) is 82.6 Å². The number of carboxylic acids is 1. The average Bonchev–Trinajstić information content (AvgIpc) is 3.11. The van der Waals surface area contributed by atoms with Crippen LogP contribution in [-0.4, -0.2) is 53.2 Å². The highest BCUT2D eigenvalue weighted by atomic mass is 35.5. The molecule has 4 rings (SSSR count). The fourth-order valence-corrected chi connectivity index (χ4v) is 4.15. The average molecular weight is 445 g/mol. The Morgan fingerprint density at radius 2 is 1.80 bits per heavy atom. The van der Waals surface area contributed by atoms with Gasteiger partial charge in [-0.3, -0.25) is 4.79 Å². The lowest BCUT2D eigenvalue weighted by atomic mass is 9.99. The number of H-pyrrole nitrogens is 1. The third-order valence-electron chi connectivity index (χ3n) is 4.97. The molecule has 0 atom stereocenters. The standard InChI is InChI=1S/C22H18Cl2N2O4/c23-14-10-17(24)19-16(20(22(28)29)25-18(19)11-14)12-15(13-4-2-1-3-5-13)21(27)26-6-8-30-9-7-26/h1-5,10-12,25H,6-9H2,(H,28,29)/b15-12+. The number of morpholine rings is 1. The van der Waals surface area contributed by atoms with Crippen molar-refractivity contribution in [3.8, 4) is 0 Å². The van der Waals surface area contributed by atoms with E-state index < -0.39 is 5.97 Å². The Labute approximate surface area is 182 Å². The summed E-state index contributed by atoms with van der Waals surface area (Å²) in [5, 5.41) is 10.9. The Balaban J connectivity index is 1.94. The summed E-state index contributed by atoms with van der Waals surface area (Å²) in [5.41, 5.74) is 1.83. The molecule has 1 amide bonds. The fraction of sp³-hybridized carbons (Fsp3) is 0.182. The number of carbonyl (C=O) groups excluding carboxylic acids is 1. The van der Waals surface area contributed by atoms with E-state index in [-0.39, 0.29) is 11.6 Å². The molecular weight excluding hydrogens is 427 g/mol. The first-order valence-electron chi connectivity index (χ1n) is 9.34. The molecular formula is C22H18Cl2N2O4. The number of nitrogens with one attached hydrogen (secondary N) is 1. The predicted octanol–water partition coefficient (Wildman–Crippen LogP) is 4.57. The van der Waals surface area contributed by atoms with Gasteiger partial charge in [-0.2, -0.15) is 0 Å². The number of rotatable bonds is 4. The molecule has 0 radical (unpaired) electrons. The molecule has 2 heterocycles. The van der Waals surface area contributed by atoms with E-state index in [9.17, 15) is 14.7 Å². The monoisotopic (exact) mass is 444 g/mol. The van der Waals surface area contributed by atoms with Crippen LogP contribution in [0.3, 0.4) is 0 Å². The first kappa shape index (κ1) is 20.5. The van der Waals surface area contributed by atoms with Crippen molar-refractivity contribution in [2.45, 2.75) is 0 Å². The third kappa shape index (κ3) is 3.94. The summed E-state index contributed by atoms with van der Waals surface area (Å²) in [6.07, 6.45) is 1.59. The summed E-state index contributed by atoms with van der Waals surface area (Å²) in [5.74, 6) is -1.35. The van der Waals surface area contributed by atoms with Gasteiger partial charge in [0.05, 0.1) is 18.2 Å². The molecule has 0 spiro atoms. The van der Waals surface area contributed by atoms with E-state index in [0.29, 0.717) is 64.0 Å². The molecule has 154 valence electrons. The molecule has 1 saturated heterocycles. The number of halogens is 2. The molecule has 0 unspecified atom stereocenters. The molecule has 1 aromatic heterocycles. The van der Waals surface area contributed by atoms with Crippen molar-refractivity contribution in [3.05, 3.63) is 69.3 Å². The molecule has 30 heavy (non-hydrogen) atoms. The first-order chi connectivity index (χ1) is 14.5. The van der Waals surface area contributed by atoms with Gasteiger partial charge in [-0.1, -0.05) is 53.5 Å². The molecule has 1 aliphatic rings. The van der Waals surface area contributed by atoms with Crippen LogP contribution >= 0.6 is 23.2 Å². The zero-order chi connectivity index (χ0) is 21.3. The maximum Gasteiger partial charge on any atom is 0.352 e. The number of hydrogen-bond acceptors (Lipinski definition) is 3. The number of nitrogens with zero attached hydrogens (tertiary/aromatic N) is 1. The summed E-state index contributed by atoms with van der Waals surface area (Å²) >= 11 is 12.5. The minimum absolute atomic E-state index is 0.0580. The number of benzene rings is 2. The van der Waals surface area contributed by atoms with E-state index >= 15 is 0 Å². The Kier molecular flexibility index (Phi) is 5.81. The number of amides is 1. The Morgan fingerprint density at radius 3 is 2.47 bits per heavy atom. The number of ether oxygens (including phenoxy) is 1. The maximum absolute atomic E-state index is 13.4.